The Hall–Kier alpha value is -2.61. The first-order valence-corrected chi connectivity index (χ1v) is 7.83. The zero-order valence-electron chi connectivity index (χ0n) is 13.4. The molecule has 0 unspecified atom stereocenters. The van der Waals surface area contributed by atoms with Gasteiger partial charge in [0.1, 0.15) is 0 Å². The molecule has 0 saturated heterocycles. The van der Waals surface area contributed by atoms with Gasteiger partial charge in [-0.15, -0.1) is 0 Å². The van der Waals surface area contributed by atoms with Crippen LogP contribution in [0.2, 0.25) is 0 Å². The molecule has 1 fully saturated rings. The third-order valence-corrected chi connectivity index (χ3v) is 3.44. The van der Waals surface area contributed by atoms with Crippen molar-refractivity contribution in [2.24, 2.45) is 5.92 Å². The minimum absolute atomic E-state index is 0. The zero-order chi connectivity index (χ0) is 16.3. The number of hydrogen-bond acceptors (Lipinski definition) is 2. The summed E-state index contributed by atoms with van der Waals surface area (Å²) >= 11 is 0. The van der Waals surface area contributed by atoms with Crippen LogP contribution in [0, 0.1) is 5.92 Å². The fourth-order valence-electron chi connectivity index (χ4n) is 2.00. The van der Waals surface area contributed by atoms with Gasteiger partial charge >= 0.3 is 5.97 Å². The number of rotatable bonds is 1. The van der Waals surface area contributed by atoms with E-state index in [2.05, 4.69) is 53.3 Å². The highest BCUT2D eigenvalue weighted by molar-refractivity contribution is 5.82. The monoisotopic (exact) mass is 322 g/mol. The maximum Gasteiger partial charge on any atom is 0.308 e. The average molecular weight is 322 g/mol. The van der Waals surface area contributed by atoms with Crippen molar-refractivity contribution in [2.75, 3.05) is 7.11 Å². The van der Waals surface area contributed by atoms with Crippen molar-refractivity contribution in [3.05, 3.63) is 84.9 Å². The highest BCUT2D eigenvalue weighted by atomic mass is 16.5. The second-order valence-electron chi connectivity index (χ2n) is 5.30. The molecule has 4 rings (SSSR count). The van der Waals surface area contributed by atoms with E-state index in [4.69, 9.17) is 0 Å². The first-order valence-electron chi connectivity index (χ1n) is 7.83. The van der Waals surface area contributed by atoms with Crippen LogP contribution in [0.4, 0.5) is 0 Å². The fraction of sp³-hybridized carbons (Fsp3) is 0.227. The quantitative estimate of drug-likeness (QED) is 0.535. The van der Waals surface area contributed by atoms with Gasteiger partial charge in [0.15, 0.2) is 0 Å². The minimum atomic E-state index is -0.0417. The SMILES string of the molecule is C.COC(=O)C1CC1.c1ccc2ccccc2c1.c1ccccc1. The minimum Gasteiger partial charge on any atom is -0.469 e. The lowest BCUT2D eigenvalue weighted by atomic mass is 10.1. The van der Waals surface area contributed by atoms with Crippen molar-refractivity contribution in [1.29, 1.82) is 0 Å². The van der Waals surface area contributed by atoms with Gasteiger partial charge in [0.05, 0.1) is 13.0 Å². The fourth-order valence-corrected chi connectivity index (χ4v) is 2.00. The number of carbonyl (C=O) groups excluding carboxylic acids is 1. The molecule has 0 spiro atoms. The molecule has 0 atom stereocenters. The summed E-state index contributed by atoms with van der Waals surface area (Å²) in [7, 11) is 1.43. The summed E-state index contributed by atoms with van der Waals surface area (Å²) in [5, 5.41) is 2.62. The molecule has 3 aromatic rings. The Bertz CT molecular complexity index is 611. The van der Waals surface area contributed by atoms with Crippen LogP contribution in [0.3, 0.4) is 0 Å². The number of hydrogen-bond donors (Lipinski definition) is 0. The number of ether oxygens (including phenoxy) is 1. The molecule has 0 aliphatic heterocycles. The number of benzene rings is 3. The standard InChI is InChI=1S/C10H8.C6H6.C5H8O2.CH4/c1-2-6-10-8-4-3-7-9(10)5-1;1-2-4-6-5-3-1;1-7-5(6)4-2-3-4;/h1-8H;1-6H;4H,2-3H2,1H3;1H4. The van der Waals surface area contributed by atoms with E-state index in [0.717, 1.165) is 12.8 Å². The Kier molecular flexibility index (Phi) is 8.91. The van der Waals surface area contributed by atoms with E-state index in [9.17, 15) is 4.79 Å². The predicted octanol–water partition coefficient (Wildman–Crippen LogP) is 5.73. The predicted molar refractivity (Wildman–Crippen MR) is 102 cm³/mol. The molecular formula is C22H26O2. The third kappa shape index (κ3) is 7.10. The molecule has 1 aliphatic rings. The molecule has 1 aliphatic carbocycles. The van der Waals surface area contributed by atoms with E-state index in [1.807, 2.05) is 36.4 Å². The van der Waals surface area contributed by atoms with Gasteiger partial charge in [0.25, 0.3) is 0 Å². The van der Waals surface area contributed by atoms with Crippen LogP contribution >= 0.6 is 0 Å². The van der Waals surface area contributed by atoms with E-state index in [0.29, 0.717) is 0 Å². The Morgan fingerprint density at radius 2 is 1.08 bits per heavy atom. The topological polar surface area (TPSA) is 26.3 Å². The number of esters is 1. The molecule has 0 radical (unpaired) electrons. The lowest BCUT2D eigenvalue weighted by molar-refractivity contribution is -0.142. The Morgan fingerprint density at radius 1 is 0.750 bits per heavy atom. The molecular weight excluding hydrogens is 296 g/mol. The van der Waals surface area contributed by atoms with Crippen LogP contribution in [0.5, 0.6) is 0 Å². The molecule has 0 aromatic heterocycles. The van der Waals surface area contributed by atoms with Gasteiger partial charge in [-0.05, 0) is 23.6 Å². The van der Waals surface area contributed by atoms with Crippen LogP contribution in [0.25, 0.3) is 10.8 Å². The summed E-state index contributed by atoms with van der Waals surface area (Å²) in [6.07, 6.45) is 2.07. The van der Waals surface area contributed by atoms with Crippen LogP contribution in [-0.2, 0) is 9.53 Å². The van der Waals surface area contributed by atoms with Crippen LogP contribution in [-0.4, -0.2) is 13.1 Å². The van der Waals surface area contributed by atoms with Crippen molar-refractivity contribution in [3.63, 3.8) is 0 Å². The van der Waals surface area contributed by atoms with Gasteiger partial charge in [-0.2, -0.15) is 0 Å². The second kappa shape index (κ2) is 11.0. The van der Waals surface area contributed by atoms with E-state index in [1.54, 1.807) is 0 Å². The van der Waals surface area contributed by atoms with Gasteiger partial charge in [-0.1, -0.05) is 92.4 Å². The van der Waals surface area contributed by atoms with E-state index < -0.39 is 0 Å². The van der Waals surface area contributed by atoms with Crippen molar-refractivity contribution in [1.82, 2.24) is 0 Å². The third-order valence-electron chi connectivity index (χ3n) is 3.44. The van der Waals surface area contributed by atoms with Crippen molar-refractivity contribution >= 4 is 16.7 Å². The highest BCUT2D eigenvalue weighted by Gasteiger charge is 2.30. The average Bonchev–Trinajstić information content (AvgIpc) is 3.49. The molecule has 2 heteroatoms. The van der Waals surface area contributed by atoms with Crippen molar-refractivity contribution < 1.29 is 9.53 Å². The summed E-state index contributed by atoms with van der Waals surface area (Å²) in [6, 6.07) is 28.7. The Balaban J connectivity index is 0.000000184. The second-order valence-corrected chi connectivity index (χ2v) is 5.30. The molecule has 0 amide bonds. The van der Waals surface area contributed by atoms with E-state index in [1.165, 1.54) is 17.9 Å². The summed E-state index contributed by atoms with van der Waals surface area (Å²) in [5.74, 6) is 0.213. The highest BCUT2D eigenvalue weighted by Crippen LogP contribution is 2.29. The van der Waals surface area contributed by atoms with Crippen LogP contribution in [0.15, 0.2) is 84.9 Å². The van der Waals surface area contributed by atoms with Gasteiger partial charge < -0.3 is 4.74 Å². The van der Waals surface area contributed by atoms with Gasteiger partial charge in [-0.25, -0.2) is 0 Å². The molecule has 1 saturated carbocycles. The first kappa shape index (κ1) is 19.4. The summed E-state index contributed by atoms with van der Waals surface area (Å²) in [6.45, 7) is 0. The lowest BCUT2D eigenvalue weighted by Crippen LogP contribution is -2.00. The number of fused-ring (bicyclic) bond motifs is 1. The van der Waals surface area contributed by atoms with Crippen LogP contribution < -0.4 is 0 Å². The maximum absolute atomic E-state index is 10.4. The zero-order valence-corrected chi connectivity index (χ0v) is 13.4. The van der Waals surface area contributed by atoms with Gasteiger partial charge in [0.2, 0.25) is 0 Å². The Morgan fingerprint density at radius 3 is 1.29 bits per heavy atom. The number of methoxy groups -OCH3 is 1. The lowest BCUT2D eigenvalue weighted by Gasteiger charge is -1.92. The summed E-state index contributed by atoms with van der Waals surface area (Å²) < 4.78 is 4.44. The Labute approximate surface area is 145 Å². The molecule has 2 nitrogen and oxygen atoms in total. The smallest absolute Gasteiger partial charge is 0.308 e. The molecule has 0 bridgehead atoms. The molecule has 0 heterocycles. The van der Waals surface area contributed by atoms with Gasteiger partial charge in [0, 0.05) is 0 Å². The first-order chi connectivity index (χ1) is 11.3. The van der Waals surface area contributed by atoms with E-state index >= 15 is 0 Å². The molecule has 24 heavy (non-hydrogen) atoms. The van der Waals surface area contributed by atoms with Gasteiger partial charge in [-0.3, -0.25) is 4.79 Å². The molecule has 0 N–H and O–H groups in total. The summed E-state index contributed by atoms with van der Waals surface area (Å²) in [4.78, 5) is 10.4. The largest absolute Gasteiger partial charge is 0.469 e. The number of carbonyl (C=O) groups is 1. The van der Waals surface area contributed by atoms with Crippen molar-refractivity contribution in [2.45, 2.75) is 20.3 Å². The maximum atomic E-state index is 10.4. The summed E-state index contributed by atoms with van der Waals surface area (Å²) in [5.41, 5.74) is 0. The normalized spacial score (nSPS) is 11.7. The van der Waals surface area contributed by atoms with E-state index in [-0.39, 0.29) is 19.3 Å². The van der Waals surface area contributed by atoms with Crippen molar-refractivity contribution in [3.8, 4) is 0 Å². The van der Waals surface area contributed by atoms with Crippen LogP contribution in [0.1, 0.15) is 20.3 Å². The molecule has 126 valence electrons. The molecule has 3 aromatic carbocycles.